The molecule has 2 N–H and O–H groups in total. The van der Waals surface area contributed by atoms with Gasteiger partial charge >= 0.3 is 0 Å². The molecule has 6 nitrogen and oxygen atoms in total. The first-order valence-corrected chi connectivity index (χ1v) is 12.8. The smallest absolute Gasteiger partial charge is 0.261 e. The quantitative estimate of drug-likeness (QED) is 0.460. The van der Waals surface area contributed by atoms with E-state index in [9.17, 15) is 18.5 Å². The summed E-state index contributed by atoms with van der Waals surface area (Å²) in [5, 5.41) is 13.5. The van der Waals surface area contributed by atoms with Crippen LogP contribution in [0.15, 0.2) is 53.4 Å². The Morgan fingerprint density at radius 3 is 2.56 bits per heavy atom. The summed E-state index contributed by atoms with van der Waals surface area (Å²) in [5.41, 5.74) is 2.14. The Bertz CT molecular complexity index is 1310. The van der Waals surface area contributed by atoms with Crippen LogP contribution in [-0.4, -0.2) is 14.3 Å². The molecule has 1 aromatic heterocycles. The number of nitrogens with zero attached hydrogens (tertiary/aromatic N) is 1. The van der Waals surface area contributed by atoms with Crippen LogP contribution < -0.4 is 10.0 Å². The van der Waals surface area contributed by atoms with E-state index in [1.165, 1.54) is 46.5 Å². The predicted molar refractivity (Wildman–Crippen MR) is 127 cm³/mol. The molecule has 0 fully saturated rings. The second-order valence-corrected chi connectivity index (χ2v) is 10.7. The standard InChI is InChI=1S/C23H20ClN3O3S2/c24-16-9-11-18(12-10-16)32(29,30)27-17-6-4-5-15(13-17)22(28)26-23-20(14-25)19-7-2-1-3-8-21(19)31-23/h4-6,9-13,27H,1-3,7-8H2,(H,26,28). The molecule has 2 aromatic carbocycles. The van der Waals surface area contributed by atoms with Crippen molar-refractivity contribution in [2.24, 2.45) is 0 Å². The minimum atomic E-state index is -3.83. The third kappa shape index (κ3) is 4.80. The summed E-state index contributed by atoms with van der Waals surface area (Å²) in [7, 11) is -3.83. The normalized spacial score (nSPS) is 13.5. The number of aryl methyl sites for hydroxylation is 1. The number of hydrogen-bond donors (Lipinski definition) is 2. The van der Waals surface area contributed by atoms with Crippen molar-refractivity contribution < 1.29 is 13.2 Å². The molecule has 1 aliphatic rings. The van der Waals surface area contributed by atoms with Gasteiger partial charge in [-0.2, -0.15) is 5.26 Å². The van der Waals surface area contributed by atoms with Gasteiger partial charge in [0.1, 0.15) is 11.1 Å². The highest BCUT2D eigenvalue weighted by Gasteiger charge is 2.22. The lowest BCUT2D eigenvalue weighted by molar-refractivity contribution is 0.102. The molecule has 0 aliphatic heterocycles. The number of thiophene rings is 1. The van der Waals surface area contributed by atoms with Crippen molar-refractivity contribution in [1.29, 1.82) is 5.26 Å². The van der Waals surface area contributed by atoms with Gasteiger partial charge in [-0.15, -0.1) is 11.3 Å². The molecular formula is C23H20ClN3O3S2. The van der Waals surface area contributed by atoms with Crippen LogP contribution in [0, 0.1) is 11.3 Å². The fourth-order valence-corrected chi connectivity index (χ4v) is 6.09. The Morgan fingerprint density at radius 2 is 1.81 bits per heavy atom. The highest BCUT2D eigenvalue weighted by atomic mass is 35.5. The first kappa shape index (κ1) is 22.3. The Hall–Kier alpha value is -2.86. The first-order chi connectivity index (χ1) is 15.4. The Kier molecular flexibility index (Phi) is 6.51. The van der Waals surface area contributed by atoms with E-state index in [-0.39, 0.29) is 16.1 Å². The Labute approximate surface area is 195 Å². The molecule has 0 atom stereocenters. The molecule has 0 unspecified atom stereocenters. The summed E-state index contributed by atoms with van der Waals surface area (Å²) in [4.78, 5) is 14.1. The fourth-order valence-electron chi connectivity index (χ4n) is 3.68. The summed E-state index contributed by atoms with van der Waals surface area (Å²) in [6, 6.07) is 14.3. The number of hydrogen-bond acceptors (Lipinski definition) is 5. The summed E-state index contributed by atoms with van der Waals surface area (Å²) in [6.07, 6.45) is 5.05. The monoisotopic (exact) mass is 485 g/mol. The SMILES string of the molecule is N#Cc1c(NC(=O)c2cccc(NS(=O)(=O)c3ccc(Cl)cc3)c2)sc2c1CCCCC2. The highest BCUT2D eigenvalue weighted by molar-refractivity contribution is 7.92. The van der Waals surface area contributed by atoms with E-state index in [4.69, 9.17) is 11.6 Å². The molecule has 9 heteroatoms. The largest absolute Gasteiger partial charge is 0.312 e. The van der Waals surface area contributed by atoms with Crippen LogP contribution in [0.5, 0.6) is 0 Å². The van der Waals surface area contributed by atoms with E-state index >= 15 is 0 Å². The van der Waals surface area contributed by atoms with Crippen LogP contribution in [0.3, 0.4) is 0 Å². The Morgan fingerprint density at radius 1 is 1.06 bits per heavy atom. The summed E-state index contributed by atoms with van der Waals surface area (Å²) < 4.78 is 27.7. The molecular weight excluding hydrogens is 466 g/mol. The maximum atomic E-state index is 12.9. The number of carbonyl (C=O) groups is 1. The number of carbonyl (C=O) groups excluding carboxylic acids is 1. The van der Waals surface area contributed by atoms with Gasteiger partial charge in [-0.1, -0.05) is 24.1 Å². The zero-order chi connectivity index (χ0) is 22.7. The predicted octanol–water partition coefficient (Wildman–Crippen LogP) is 5.60. The molecule has 0 saturated carbocycles. The van der Waals surface area contributed by atoms with Crippen LogP contribution in [-0.2, 0) is 22.9 Å². The van der Waals surface area contributed by atoms with Crippen LogP contribution in [0.25, 0.3) is 0 Å². The highest BCUT2D eigenvalue weighted by Crippen LogP contribution is 2.37. The van der Waals surface area contributed by atoms with Gasteiger partial charge in [-0.25, -0.2) is 8.42 Å². The van der Waals surface area contributed by atoms with E-state index in [1.54, 1.807) is 18.2 Å². The van der Waals surface area contributed by atoms with Crippen molar-refractivity contribution in [3.63, 3.8) is 0 Å². The average Bonchev–Trinajstić information content (AvgIpc) is 2.92. The molecule has 0 radical (unpaired) electrons. The van der Waals surface area contributed by atoms with E-state index in [1.807, 2.05) is 0 Å². The molecule has 1 aliphatic carbocycles. The van der Waals surface area contributed by atoms with Gasteiger partial charge in [0, 0.05) is 21.2 Å². The number of nitrogens with one attached hydrogen (secondary N) is 2. The lowest BCUT2D eigenvalue weighted by Gasteiger charge is -2.10. The van der Waals surface area contributed by atoms with E-state index in [0.717, 1.165) is 37.7 Å². The first-order valence-electron chi connectivity index (χ1n) is 10.1. The third-order valence-corrected chi connectivity index (χ3v) is 8.12. The van der Waals surface area contributed by atoms with E-state index in [0.29, 0.717) is 15.6 Å². The zero-order valence-electron chi connectivity index (χ0n) is 17.0. The fraction of sp³-hybridized carbons (Fsp3) is 0.217. The van der Waals surface area contributed by atoms with Crippen molar-refractivity contribution in [2.75, 3.05) is 10.0 Å². The van der Waals surface area contributed by atoms with E-state index < -0.39 is 15.9 Å². The zero-order valence-corrected chi connectivity index (χ0v) is 19.4. The van der Waals surface area contributed by atoms with Gasteiger partial charge in [-0.3, -0.25) is 9.52 Å². The van der Waals surface area contributed by atoms with Gasteiger partial charge < -0.3 is 5.32 Å². The molecule has 1 amide bonds. The molecule has 0 saturated heterocycles. The van der Waals surface area contributed by atoms with Gasteiger partial charge in [0.25, 0.3) is 15.9 Å². The second-order valence-electron chi connectivity index (χ2n) is 7.47. The molecule has 3 aromatic rings. The number of halogens is 1. The number of fused-ring (bicyclic) bond motifs is 1. The van der Waals surface area contributed by atoms with Gasteiger partial charge in [0.05, 0.1) is 10.5 Å². The number of amides is 1. The number of sulfonamides is 1. The van der Waals surface area contributed by atoms with Crippen molar-refractivity contribution in [2.45, 2.75) is 37.0 Å². The van der Waals surface area contributed by atoms with Crippen LogP contribution >= 0.6 is 22.9 Å². The number of anilines is 2. The summed E-state index contributed by atoms with van der Waals surface area (Å²) in [6.45, 7) is 0. The molecule has 164 valence electrons. The maximum absolute atomic E-state index is 12.9. The van der Waals surface area contributed by atoms with Gasteiger partial charge in [-0.05, 0) is 73.7 Å². The second kappa shape index (κ2) is 9.33. The summed E-state index contributed by atoms with van der Waals surface area (Å²) in [5.74, 6) is -0.398. The van der Waals surface area contributed by atoms with Crippen molar-refractivity contribution >= 4 is 49.6 Å². The lowest BCUT2D eigenvalue weighted by atomic mass is 10.1. The third-order valence-electron chi connectivity index (χ3n) is 5.26. The van der Waals surface area contributed by atoms with Crippen molar-refractivity contribution in [3.05, 3.63) is 75.1 Å². The topological polar surface area (TPSA) is 99.1 Å². The minimum absolute atomic E-state index is 0.0653. The van der Waals surface area contributed by atoms with Gasteiger partial charge in [0.2, 0.25) is 0 Å². The molecule has 4 rings (SSSR count). The average molecular weight is 486 g/mol. The molecule has 0 spiro atoms. The van der Waals surface area contributed by atoms with Crippen LogP contribution in [0.4, 0.5) is 10.7 Å². The number of rotatable bonds is 5. The molecule has 32 heavy (non-hydrogen) atoms. The van der Waals surface area contributed by atoms with E-state index in [2.05, 4.69) is 16.1 Å². The molecule has 1 heterocycles. The number of benzene rings is 2. The van der Waals surface area contributed by atoms with Crippen molar-refractivity contribution in [3.8, 4) is 6.07 Å². The van der Waals surface area contributed by atoms with Crippen LogP contribution in [0.2, 0.25) is 5.02 Å². The number of nitriles is 1. The minimum Gasteiger partial charge on any atom is -0.312 e. The summed E-state index contributed by atoms with van der Waals surface area (Å²) >= 11 is 7.29. The van der Waals surface area contributed by atoms with Crippen molar-refractivity contribution in [1.82, 2.24) is 0 Å². The van der Waals surface area contributed by atoms with Gasteiger partial charge in [0.15, 0.2) is 0 Å². The van der Waals surface area contributed by atoms with Crippen LogP contribution in [0.1, 0.15) is 45.6 Å². The molecule has 0 bridgehead atoms. The Balaban J connectivity index is 1.54. The maximum Gasteiger partial charge on any atom is 0.261 e. The lowest BCUT2D eigenvalue weighted by Crippen LogP contribution is -2.15.